The molecular formula is C11H18N2. The molecule has 1 aliphatic carbocycles. The second-order valence-electron chi connectivity index (χ2n) is 4.31. The summed E-state index contributed by atoms with van der Waals surface area (Å²) in [5, 5.41) is 4.10. The Hall–Kier alpha value is -0.790. The third kappa shape index (κ3) is 2.11. The van der Waals surface area contributed by atoms with Gasteiger partial charge in [-0.1, -0.05) is 19.8 Å². The normalized spacial score (nSPS) is 33.8. The summed E-state index contributed by atoms with van der Waals surface area (Å²) < 4.78 is 0. The van der Waals surface area contributed by atoms with Gasteiger partial charge in [-0.05, 0) is 30.8 Å². The van der Waals surface area contributed by atoms with Gasteiger partial charge < -0.3 is 0 Å². The SMILES string of the molecule is CC1CCCC2C=NNC=C2CC1. The van der Waals surface area contributed by atoms with Crippen molar-refractivity contribution in [2.24, 2.45) is 16.9 Å². The molecule has 2 aliphatic rings. The fourth-order valence-electron chi connectivity index (χ4n) is 2.22. The van der Waals surface area contributed by atoms with Crippen LogP contribution in [0, 0.1) is 11.8 Å². The van der Waals surface area contributed by atoms with Crippen LogP contribution in [0.1, 0.15) is 39.0 Å². The number of nitrogens with zero attached hydrogens (tertiary/aromatic N) is 1. The van der Waals surface area contributed by atoms with Crippen molar-refractivity contribution >= 4 is 6.21 Å². The minimum atomic E-state index is 0.633. The van der Waals surface area contributed by atoms with Gasteiger partial charge in [0.25, 0.3) is 0 Å². The predicted octanol–water partition coefficient (Wildman–Crippen LogP) is 2.68. The first-order valence-corrected chi connectivity index (χ1v) is 5.34. The molecule has 0 aromatic rings. The molecule has 2 rings (SSSR count). The Balaban J connectivity index is 2.02. The lowest BCUT2D eigenvalue weighted by molar-refractivity contribution is 0.421. The number of allylic oxidation sites excluding steroid dienone is 1. The summed E-state index contributed by atoms with van der Waals surface area (Å²) in [5.74, 6) is 1.54. The Kier molecular flexibility index (Phi) is 2.67. The molecule has 2 nitrogen and oxygen atoms in total. The van der Waals surface area contributed by atoms with E-state index < -0.39 is 0 Å². The van der Waals surface area contributed by atoms with Crippen LogP contribution in [0.3, 0.4) is 0 Å². The summed E-state index contributed by atoms with van der Waals surface area (Å²) in [4.78, 5) is 0. The van der Waals surface area contributed by atoms with E-state index in [2.05, 4.69) is 29.9 Å². The molecule has 1 saturated carbocycles. The van der Waals surface area contributed by atoms with E-state index >= 15 is 0 Å². The highest BCUT2D eigenvalue weighted by molar-refractivity contribution is 5.66. The highest BCUT2D eigenvalue weighted by atomic mass is 15.3. The molecule has 0 amide bonds. The summed E-state index contributed by atoms with van der Waals surface area (Å²) in [6, 6.07) is 0. The average molecular weight is 178 g/mol. The lowest BCUT2D eigenvalue weighted by atomic mass is 9.84. The third-order valence-corrected chi connectivity index (χ3v) is 3.19. The molecule has 72 valence electrons. The van der Waals surface area contributed by atoms with E-state index in [1.807, 2.05) is 0 Å². The fraction of sp³-hybridized carbons (Fsp3) is 0.727. The lowest BCUT2D eigenvalue weighted by Gasteiger charge is -2.24. The Labute approximate surface area is 80.1 Å². The van der Waals surface area contributed by atoms with Gasteiger partial charge in [0.15, 0.2) is 0 Å². The molecule has 0 aromatic heterocycles. The minimum Gasteiger partial charge on any atom is -0.286 e. The van der Waals surface area contributed by atoms with E-state index in [0.29, 0.717) is 5.92 Å². The van der Waals surface area contributed by atoms with Gasteiger partial charge in [0, 0.05) is 18.3 Å². The highest BCUT2D eigenvalue weighted by Gasteiger charge is 2.18. The van der Waals surface area contributed by atoms with Gasteiger partial charge in [0.05, 0.1) is 0 Å². The maximum atomic E-state index is 4.10. The van der Waals surface area contributed by atoms with Crippen LogP contribution in [0.5, 0.6) is 0 Å². The van der Waals surface area contributed by atoms with Gasteiger partial charge in [-0.25, -0.2) is 0 Å². The molecule has 1 N–H and O–H groups in total. The first kappa shape index (κ1) is 8.79. The zero-order chi connectivity index (χ0) is 9.10. The van der Waals surface area contributed by atoms with E-state index in [-0.39, 0.29) is 0 Å². The van der Waals surface area contributed by atoms with Crippen LogP contribution < -0.4 is 5.43 Å². The van der Waals surface area contributed by atoms with E-state index in [9.17, 15) is 0 Å². The number of nitrogens with one attached hydrogen (secondary N) is 1. The monoisotopic (exact) mass is 178 g/mol. The van der Waals surface area contributed by atoms with Crippen molar-refractivity contribution < 1.29 is 0 Å². The van der Waals surface area contributed by atoms with Crippen LogP contribution in [-0.4, -0.2) is 6.21 Å². The van der Waals surface area contributed by atoms with Gasteiger partial charge >= 0.3 is 0 Å². The molecule has 0 aromatic carbocycles. The first-order chi connectivity index (χ1) is 6.36. The Morgan fingerprint density at radius 2 is 2.31 bits per heavy atom. The van der Waals surface area contributed by atoms with Crippen molar-refractivity contribution in [3.05, 3.63) is 11.8 Å². The van der Waals surface area contributed by atoms with Crippen LogP contribution in [0.15, 0.2) is 16.9 Å². The number of fused-ring (bicyclic) bond motifs is 1. The van der Waals surface area contributed by atoms with Crippen LogP contribution in [0.2, 0.25) is 0 Å². The molecular weight excluding hydrogens is 160 g/mol. The van der Waals surface area contributed by atoms with Crippen LogP contribution in [0.25, 0.3) is 0 Å². The average Bonchev–Trinajstić information content (AvgIpc) is 2.13. The van der Waals surface area contributed by atoms with E-state index in [0.717, 1.165) is 5.92 Å². The molecule has 2 heteroatoms. The van der Waals surface area contributed by atoms with Crippen molar-refractivity contribution in [2.75, 3.05) is 0 Å². The molecule has 0 spiro atoms. The topological polar surface area (TPSA) is 24.4 Å². The van der Waals surface area contributed by atoms with Crippen molar-refractivity contribution in [1.82, 2.24) is 5.43 Å². The predicted molar refractivity (Wildman–Crippen MR) is 55.4 cm³/mol. The number of hydrogen-bond donors (Lipinski definition) is 1. The van der Waals surface area contributed by atoms with Crippen molar-refractivity contribution in [2.45, 2.75) is 39.0 Å². The quantitative estimate of drug-likeness (QED) is 0.606. The van der Waals surface area contributed by atoms with Gasteiger partial charge in [-0.2, -0.15) is 5.10 Å². The fourth-order valence-corrected chi connectivity index (χ4v) is 2.22. The summed E-state index contributed by atoms with van der Waals surface area (Å²) in [5.41, 5.74) is 4.51. The molecule has 2 unspecified atom stereocenters. The minimum absolute atomic E-state index is 0.633. The number of hydrogen-bond acceptors (Lipinski definition) is 2. The third-order valence-electron chi connectivity index (χ3n) is 3.19. The first-order valence-electron chi connectivity index (χ1n) is 5.34. The Morgan fingerprint density at radius 1 is 1.38 bits per heavy atom. The second kappa shape index (κ2) is 3.95. The second-order valence-corrected chi connectivity index (χ2v) is 4.31. The molecule has 0 saturated heterocycles. The van der Waals surface area contributed by atoms with Gasteiger partial charge in [0.2, 0.25) is 0 Å². The van der Waals surface area contributed by atoms with Crippen LogP contribution in [0.4, 0.5) is 0 Å². The van der Waals surface area contributed by atoms with Crippen LogP contribution >= 0.6 is 0 Å². The maximum absolute atomic E-state index is 4.10. The smallest absolute Gasteiger partial charge is 0.0318 e. The summed E-state index contributed by atoms with van der Waals surface area (Å²) in [7, 11) is 0. The molecule has 1 aliphatic heterocycles. The van der Waals surface area contributed by atoms with E-state index in [1.165, 1.54) is 32.1 Å². The molecule has 1 heterocycles. The molecule has 0 radical (unpaired) electrons. The van der Waals surface area contributed by atoms with Gasteiger partial charge in [-0.15, -0.1) is 0 Å². The van der Waals surface area contributed by atoms with E-state index in [4.69, 9.17) is 0 Å². The zero-order valence-corrected chi connectivity index (χ0v) is 8.29. The maximum Gasteiger partial charge on any atom is 0.0318 e. The lowest BCUT2D eigenvalue weighted by Crippen LogP contribution is -2.18. The van der Waals surface area contributed by atoms with Crippen molar-refractivity contribution in [1.29, 1.82) is 0 Å². The van der Waals surface area contributed by atoms with Gasteiger partial charge in [0.1, 0.15) is 0 Å². The Bertz CT molecular complexity index is 230. The Morgan fingerprint density at radius 3 is 3.23 bits per heavy atom. The summed E-state index contributed by atoms with van der Waals surface area (Å²) >= 11 is 0. The van der Waals surface area contributed by atoms with E-state index in [1.54, 1.807) is 5.57 Å². The van der Waals surface area contributed by atoms with Gasteiger partial charge in [-0.3, -0.25) is 5.43 Å². The highest BCUT2D eigenvalue weighted by Crippen LogP contribution is 2.29. The standard InChI is InChI=1S/C11H18N2/c1-9-3-2-4-10-7-12-13-8-11(10)6-5-9/h7-10,13H,2-6H2,1H3. The van der Waals surface area contributed by atoms with Crippen molar-refractivity contribution in [3.8, 4) is 0 Å². The molecule has 1 fully saturated rings. The zero-order valence-electron chi connectivity index (χ0n) is 8.29. The number of hydrazone groups is 1. The van der Waals surface area contributed by atoms with Crippen molar-refractivity contribution in [3.63, 3.8) is 0 Å². The molecule has 0 bridgehead atoms. The molecule has 2 atom stereocenters. The number of rotatable bonds is 0. The summed E-state index contributed by atoms with van der Waals surface area (Å²) in [6.07, 6.45) is 10.8. The molecule has 13 heavy (non-hydrogen) atoms. The van der Waals surface area contributed by atoms with Crippen LogP contribution in [-0.2, 0) is 0 Å². The largest absolute Gasteiger partial charge is 0.286 e. The summed E-state index contributed by atoms with van der Waals surface area (Å²) in [6.45, 7) is 2.37.